The molecule has 2 aromatic carbocycles. The maximum absolute atomic E-state index is 13.5. The van der Waals surface area contributed by atoms with Crippen LogP contribution in [-0.4, -0.2) is 28.2 Å². The lowest BCUT2D eigenvalue weighted by molar-refractivity contribution is -0.123. The lowest BCUT2D eigenvalue weighted by atomic mass is 10.1. The van der Waals surface area contributed by atoms with Gasteiger partial charge in [-0.2, -0.15) is 0 Å². The zero-order valence-corrected chi connectivity index (χ0v) is 18.0. The first-order valence-electron chi connectivity index (χ1n) is 10.1. The second-order valence-electron chi connectivity index (χ2n) is 7.12. The summed E-state index contributed by atoms with van der Waals surface area (Å²) in [6.45, 7) is 0.396. The van der Waals surface area contributed by atoms with Crippen LogP contribution in [0.25, 0.3) is 0 Å². The van der Waals surface area contributed by atoms with Gasteiger partial charge >= 0.3 is 0 Å². The molecular weight excluding hydrogens is 444 g/mol. The van der Waals surface area contributed by atoms with Crippen molar-refractivity contribution in [1.29, 1.82) is 0 Å². The minimum absolute atomic E-state index is 0.143. The third-order valence-electron chi connectivity index (χ3n) is 5.06. The van der Waals surface area contributed by atoms with E-state index in [0.717, 1.165) is 17.1 Å². The van der Waals surface area contributed by atoms with E-state index >= 15 is 0 Å². The first-order chi connectivity index (χ1) is 16.2. The smallest absolute Gasteiger partial charge is 0.280 e. The number of nitrogens with one attached hydrogen (secondary N) is 1. The van der Waals surface area contributed by atoms with E-state index in [1.54, 1.807) is 47.8 Å². The number of hydrogen-bond acceptors (Lipinski definition) is 8. The molecule has 0 saturated carbocycles. The van der Waals surface area contributed by atoms with E-state index in [9.17, 15) is 9.59 Å². The van der Waals surface area contributed by atoms with Gasteiger partial charge in [-0.3, -0.25) is 14.5 Å². The van der Waals surface area contributed by atoms with Gasteiger partial charge in [-0.15, -0.1) is 5.10 Å². The Hall–Kier alpha value is -4.18. The number of anilines is 1. The number of fused-ring (bicyclic) bond motifs is 1. The van der Waals surface area contributed by atoms with Crippen LogP contribution in [0.15, 0.2) is 76.7 Å². The first kappa shape index (κ1) is 20.7. The molecule has 0 aliphatic carbocycles. The number of furan rings is 1. The molecule has 0 unspecified atom stereocenters. The molecule has 0 radical (unpaired) electrons. The van der Waals surface area contributed by atoms with Crippen LogP contribution in [0.1, 0.15) is 27.9 Å². The van der Waals surface area contributed by atoms with Gasteiger partial charge in [-0.1, -0.05) is 28.8 Å². The first-order valence-corrected chi connectivity index (χ1v) is 10.9. The van der Waals surface area contributed by atoms with Crippen molar-refractivity contribution in [2.75, 3.05) is 11.7 Å². The summed E-state index contributed by atoms with van der Waals surface area (Å²) >= 11 is 1.06. The molecule has 33 heavy (non-hydrogen) atoms. The van der Waals surface area contributed by atoms with Crippen molar-refractivity contribution in [2.24, 2.45) is 0 Å². The van der Waals surface area contributed by atoms with Crippen molar-refractivity contribution in [3.05, 3.63) is 89.3 Å². The second-order valence-corrected chi connectivity index (χ2v) is 7.73. The number of carbonyl (C=O) groups excluding carboxylic acids is 2. The number of carbonyl (C=O) groups is 2. The molecule has 0 spiro atoms. The molecule has 166 valence electrons. The van der Waals surface area contributed by atoms with Gasteiger partial charge in [0.2, 0.25) is 6.79 Å². The Labute approximate surface area is 192 Å². The van der Waals surface area contributed by atoms with Crippen LogP contribution >= 0.6 is 11.5 Å². The number of amides is 2. The molecule has 1 N–H and O–H groups in total. The fourth-order valence-corrected chi connectivity index (χ4v) is 3.94. The Morgan fingerprint density at radius 3 is 2.67 bits per heavy atom. The van der Waals surface area contributed by atoms with Crippen LogP contribution in [0.4, 0.5) is 5.69 Å². The lowest BCUT2D eigenvalue weighted by Crippen LogP contribution is -2.44. The number of hydrogen-bond donors (Lipinski definition) is 1. The Kier molecular flexibility index (Phi) is 5.73. The van der Waals surface area contributed by atoms with Crippen molar-refractivity contribution in [2.45, 2.75) is 12.6 Å². The van der Waals surface area contributed by atoms with Gasteiger partial charge < -0.3 is 19.2 Å². The average Bonchev–Trinajstić information content (AvgIpc) is 3.63. The van der Waals surface area contributed by atoms with Gasteiger partial charge in [0.25, 0.3) is 11.8 Å². The van der Waals surface area contributed by atoms with Crippen molar-refractivity contribution in [1.82, 2.24) is 14.9 Å². The number of rotatable bonds is 7. The summed E-state index contributed by atoms with van der Waals surface area (Å²) in [5, 5.41) is 8.35. The Morgan fingerprint density at radius 2 is 1.91 bits per heavy atom. The third kappa shape index (κ3) is 4.28. The number of ether oxygens (including phenoxy) is 2. The highest BCUT2D eigenvalue weighted by Gasteiger charge is 2.36. The van der Waals surface area contributed by atoms with Gasteiger partial charge in [0.15, 0.2) is 23.2 Å². The Balaban J connectivity index is 1.46. The summed E-state index contributed by atoms with van der Waals surface area (Å²) < 4.78 is 20.1. The summed E-state index contributed by atoms with van der Waals surface area (Å²) in [6.07, 6.45) is 1.46. The topological polar surface area (TPSA) is 107 Å². The van der Waals surface area contributed by atoms with Crippen molar-refractivity contribution < 1.29 is 23.5 Å². The van der Waals surface area contributed by atoms with Crippen LogP contribution in [0, 0.1) is 0 Å². The minimum Gasteiger partial charge on any atom is -0.467 e. The van der Waals surface area contributed by atoms with Gasteiger partial charge in [0, 0.05) is 17.6 Å². The van der Waals surface area contributed by atoms with E-state index in [1.807, 2.05) is 18.2 Å². The molecule has 1 atom stereocenters. The SMILES string of the molecule is O=C(NCc1ccc2c(c1)OCO2)[C@@H](c1ccco1)N(C(=O)c1csnn1)c1ccccc1. The highest BCUT2D eigenvalue weighted by molar-refractivity contribution is 7.03. The monoisotopic (exact) mass is 462 g/mol. The summed E-state index contributed by atoms with van der Waals surface area (Å²) in [6, 6.07) is 16.6. The van der Waals surface area contributed by atoms with E-state index in [4.69, 9.17) is 13.9 Å². The predicted molar refractivity (Wildman–Crippen MR) is 119 cm³/mol. The molecule has 0 bridgehead atoms. The van der Waals surface area contributed by atoms with E-state index in [0.29, 0.717) is 22.9 Å². The molecule has 9 nitrogen and oxygen atoms in total. The van der Waals surface area contributed by atoms with Gasteiger partial charge in [-0.25, -0.2) is 0 Å². The maximum atomic E-state index is 13.5. The van der Waals surface area contributed by atoms with E-state index < -0.39 is 17.9 Å². The molecule has 3 heterocycles. The van der Waals surface area contributed by atoms with Crippen LogP contribution in [0.5, 0.6) is 11.5 Å². The normalized spacial score (nSPS) is 12.8. The van der Waals surface area contributed by atoms with Gasteiger partial charge in [0.1, 0.15) is 5.76 Å². The number of para-hydroxylation sites is 1. The largest absolute Gasteiger partial charge is 0.467 e. The van der Waals surface area contributed by atoms with E-state index in [2.05, 4.69) is 14.9 Å². The standard InChI is InChI=1S/C23H18N4O5S/c28-22(24-12-15-8-9-18-20(11-15)32-14-31-18)21(19-7-4-10-30-19)27(16-5-2-1-3-6-16)23(29)17-13-33-26-25-17/h1-11,13,21H,12,14H2,(H,24,28)/t21-/m1/s1. The second kappa shape index (κ2) is 9.13. The molecule has 0 saturated heterocycles. The fourth-order valence-electron chi connectivity index (χ4n) is 3.51. The molecule has 1 aliphatic heterocycles. The van der Waals surface area contributed by atoms with Crippen molar-refractivity contribution in [3.8, 4) is 11.5 Å². The van der Waals surface area contributed by atoms with Crippen LogP contribution in [-0.2, 0) is 11.3 Å². The van der Waals surface area contributed by atoms with Gasteiger partial charge in [0.05, 0.1) is 6.26 Å². The Bertz CT molecular complexity index is 1250. The maximum Gasteiger partial charge on any atom is 0.280 e. The zero-order valence-electron chi connectivity index (χ0n) is 17.2. The summed E-state index contributed by atoms with van der Waals surface area (Å²) in [5.74, 6) is 0.730. The average molecular weight is 462 g/mol. The molecule has 4 aromatic rings. The quantitative estimate of drug-likeness (QED) is 0.447. The van der Waals surface area contributed by atoms with Crippen molar-refractivity contribution in [3.63, 3.8) is 0 Å². The number of nitrogens with zero attached hydrogens (tertiary/aromatic N) is 3. The summed E-state index contributed by atoms with van der Waals surface area (Å²) in [7, 11) is 0. The summed E-state index contributed by atoms with van der Waals surface area (Å²) in [4.78, 5) is 28.3. The van der Waals surface area contributed by atoms with Crippen molar-refractivity contribution >= 4 is 29.0 Å². The van der Waals surface area contributed by atoms with Crippen LogP contribution in [0.2, 0.25) is 0 Å². The molecule has 10 heteroatoms. The highest BCUT2D eigenvalue weighted by atomic mass is 32.1. The number of benzene rings is 2. The molecule has 2 amide bonds. The Morgan fingerprint density at radius 1 is 1.06 bits per heavy atom. The highest BCUT2D eigenvalue weighted by Crippen LogP contribution is 2.33. The van der Waals surface area contributed by atoms with Gasteiger partial charge in [-0.05, 0) is 53.5 Å². The lowest BCUT2D eigenvalue weighted by Gasteiger charge is -2.29. The van der Waals surface area contributed by atoms with E-state index in [-0.39, 0.29) is 19.0 Å². The minimum atomic E-state index is -1.06. The molecule has 5 rings (SSSR count). The number of aromatic nitrogens is 2. The third-order valence-corrected chi connectivity index (χ3v) is 5.56. The van der Waals surface area contributed by atoms with Crippen LogP contribution < -0.4 is 19.7 Å². The predicted octanol–water partition coefficient (Wildman–Crippen LogP) is 3.56. The van der Waals surface area contributed by atoms with E-state index in [1.165, 1.54) is 11.2 Å². The molecular formula is C23H18N4O5S. The van der Waals surface area contributed by atoms with Crippen LogP contribution in [0.3, 0.4) is 0 Å². The summed E-state index contributed by atoms with van der Waals surface area (Å²) in [5.41, 5.74) is 1.49. The zero-order chi connectivity index (χ0) is 22.6. The molecule has 1 aliphatic rings. The molecule has 2 aromatic heterocycles. The fraction of sp³-hybridized carbons (Fsp3) is 0.130. The molecule has 0 fully saturated rings.